The van der Waals surface area contributed by atoms with Gasteiger partial charge in [-0.25, -0.2) is 14.4 Å². The third-order valence-electron chi connectivity index (χ3n) is 9.97. The molecule has 7 rings (SSSR count). The number of ether oxygens (including phenoxy) is 4. The van der Waals surface area contributed by atoms with E-state index in [1.807, 2.05) is 106 Å². The van der Waals surface area contributed by atoms with Crippen molar-refractivity contribution in [3.8, 4) is 34.3 Å². The van der Waals surface area contributed by atoms with Crippen LogP contribution in [0.4, 0.5) is 9.59 Å². The van der Waals surface area contributed by atoms with Gasteiger partial charge < -0.3 is 49.3 Å². The van der Waals surface area contributed by atoms with Gasteiger partial charge in [0.05, 0.1) is 27.8 Å². The van der Waals surface area contributed by atoms with Gasteiger partial charge in [-0.1, -0.05) is 57.8 Å². The van der Waals surface area contributed by atoms with Crippen LogP contribution in [0.2, 0.25) is 10.0 Å². The molecule has 2 aliphatic heterocycles. The zero-order chi connectivity index (χ0) is 50.1. The highest BCUT2D eigenvalue weighted by Gasteiger charge is 2.29. The van der Waals surface area contributed by atoms with E-state index < -0.39 is 17.2 Å². The first-order valence-corrected chi connectivity index (χ1v) is 22.8. The molecule has 3 heterocycles. The fraction of sp³-hybridized carbons (Fsp3) is 0.400. The smallest absolute Gasteiger partial charge is 0.410 e. The third-order valence-corrected chi connectivity index (χ3v) is 10.6. The Bertz CT molecular complexity index is 2620. The molecule has 0 bridgehead atoms. The molecule has 1 aromatic heterocycles. The lowest BCUT2D eigenvalue weighted by Crippen LogP contribution is -2.40. The van der Waals surface area contributed by atoms with Crippen molar-refractivity contribution in [1.29, 1.82) is 0 Å². The van der Waals surface area contributed by atoms with Crippen LogP contribution in [0.3, 0.4) is 0 Å². The number of aromatic nitrogens is 2. The SMILES string of the molecule is CC(C)(C)OC(=O)N1CCc2c(cccc2C(=O)O)C1.CC(C)Oc1ccc(-c2noc(-c3cccc4c3CCN(C(=O)OC(C)(C)C)C4)n2)cc1Cl.CC(C)Oc1ccc(/C(N)=N/O)cc1Cl. The van der Waals surface area contributed by atoms with E-state index in [1.54, 1.807) is 46.2 Å². The number of carbonyl (C=O) groups is 3. The zero-order valence-electron chi connectivity index (χ0n) is 40.1. The number of halogens is 2. The summed E-state index contributed by atoms with van der Waals surface area (Å²) in [7, 11) is 0. The molecule has 0 atom stereocenters. The Morgan fingerprint density at radius 3 is 1.76 bits per heavy atom. The number of nitrogens with two attached hydrogens (primary N) is 1. The van der Waals surface area contributed by atoms with Crippen molar-refractivity contribution in [2.75, 3.05) is 13.1 Å². The molecule has 0 saturated carbocycles. The van der Waals surface area contributed by atoms with Crippen molar-refractivity contribution in [3.05, 3.63) is 116 Å². The molecule has 4 aromatic carbocycles. The summed E-state index contributed by atoms with van der Waals surface area (Å²) in [6.45, 7) is 20.7. The zero-order valence-corrected chi connectivity index (χ0v) is 41.6. The maximum absolute atomic E-state index is 12.5. The van der Waals surface area contributed by atoms with Gasteiger partial charge in [-0.3, -0.25) is 0 Å². The molecule has 364 valence electrons. The van der Waals surface area contributed by atoms with Gasteiger partial charge in [0.2, 0.25) is 5.82 Å². The highest BCUT2D eigenvalue weighted by Crippen LogP contribution is 2.34. The van der Waals surface area contributed by atoms with Crippen molar-refractivity contribution in [2.24, 2.45) is 10.9 Å². The van der Waals surface area contributed by atoms with Gasteiger partial charge in [0.15, 0.2) is 5.84 Å². The van der Waals surface area contributed by atoms with E-state index in [0.717, 1.165) is 33.4 Å². The van der Waals surface area contributed by atoms with Crippen LogP contribution < -0.4 is 15.2 Å². The van der Waals surface area contributed by atoms with Gasteiger partial charge in [0.25, 0.3) is 5.89 Å². The average Bonchev–Trinajstić information content (AvgIpc) is 3.76. The van der Waals surface area contributed by atoms with Gasteiger partial charge in [0.1, 0.15) is 22.7 Å². The van der Waals surface area contributed by atoms with Gasteiger partial charge in [0, 0.05) is 42.9 Å². The Labute approximate surface area is 406 Å². The van der Waals surface area contributed by atoms with E-state index in [9.17, 15) is 14.4 Å². The molecule has 0 fully saturated rings. The van der Waals surface area contributed by atoms with E-state index in [0.29, 0.717) is 83.4 Å². The average molecular weight is 976 g/mol. The number of carboxylic acids is 1. The molecule has 0 radical (unpaired) electrons. The number of aromatic carboxylic acids is 1. The predicted molar refractivity (Wildman–Crippen MR) is 260 cm³/mol. The lowest BCUT2D eigenvalue weighted by molar-refractivity contribution is 0.0213. The van der Waals surface area contributed by atoms with Crippen molar-refractivity contribution < 1.29 is 48.2 Å². The van der Waals surface area contributed by atoms with Gasteiger partial charge >= 0.3 is 18.2 Å². The second kappa shape index (κ2) is 22.5. The Balaban J connectivity index is 0.000000210. The highest BCUT2D eigenvalue weighted by molar-refractivity contribution is 6.32. The highest BCUT2D eigenvalue weighted by atomic mass is 35.5. The summed E-state index contributed by atoms with van der Waals surface area (Å²) in [6.07, 6.45) is 0.633. The Kier molecular flexibility index (Phi) is 17.4. The van der Waals surface area contributed by atoms with Gasteiger partial charge in [-0.15, -0.1) is 0 Å². The Hall–Kier alpha value is -6.52. The molecule has 0 aliphatic carbocycles. The molecule has 18 heteroatoms. The minimum atomic E-state index is -0.924. The summed E-state index contributed by atoms with van der Waals surface area (Å²) in [4.78, 5) is 43.6. The Morgan fingerprint density at radius 2 is 1.26 bits per heavy atom. The van der Waals surface area contributed by atoms with Gasteiger partial charge in [-0.05, 0) is 153 Å². The second-order valence-electron chi connectivity index (χ2n) is 18.5. The van der Waals surface area contributed by atoms with E-state index in [2.05, 4.69) is 15.3 Å². The number of hydrogen-bond donors (Lipinski definition) is 3. The number of benzene rings is 4. The van der Waals surface area contributed by atoms with Crippen LogP contribution in [0.5, 0.6) is 11.5 Å². The number of amides is 2. The summed E-state index contributed by atoms with van der Waals surface area (Å²) < 4.78 is 27.6. The summed E-state index contributed by atoms with van der Waals surface area (Å²) >= 11 is 12.3. The van der Waals surface area contributed by atoms with Crippen LogP contribution in [0, 0.1) is 0 Å². The van der Waals surface area contributed by atoms with E-state index in [-0.39, 0.29) is 30.2 Å². The molecule has 2 aliphatic rings. The summed E-state index contributed by atoms with van der Waals surface area (Å²) in [5.74, 6) is 1.19. The van der Waals surface area contributed by atoms with Crippen molar-refractivity contribution >= 4 is 47.2 Å². The van der Waals surface area contributed by atoms with Crippen molar-refractivity contribution in [1.82, 2.24) is 19.9 Å². The van der Waals surface area contributed by atoms with Crippen LogP contribution in [0.15, 0.2) is 82.5 Å². The van der Waals surface area contributed by atoms with Crippen LogP contribution in [-0.4, -0.2) is 90.7 Å². The topological polar surface area (TPSA) is 212 Å². The van der Waals surface area contributed by atoms with E-state index in [1.165, 1.54) is 0 Å². The molecule has 0 saturated heterocycles. The largest absolute Gasteiger partial charge is 0.489 e. The number of nitrogens with zero attached hydrogens (tertiary/aromatic N) is 5. The number of rotatable bonds is 8. The lowest BCUT2D eigenvalue weighted by atomic mass is 9.94. The summed E-state index contributed by atoms with van der Waals surface area (Å²) in [5, 5.41) is 25.6. The quantitative estimate of drug-likeness (QED) is 0.0572. The summed E-state index contributed by atoms with van der Waals surface area (Å²) in [5.41, 5.74) is 10.7. The molecule has 5 aromatic rings. The minimum Gasteiger partial charge on any atom is -0.489 e. The van der Waals surface area contributed by atoms with Crippen LogP contribution in [0.25, 0.3) is 22.8 Å². The van der Waals surface area contributed by atoms with Crippen molar-refractivity contribution in [3.63, 3.8) is 0 Å². The van der Waals surface area contributed by atoms with Gasteiger partial charge in [-0.2, -0.15) is 4.98 Å². The lowest BCUT2D eigenvalue weighted by Gasteiger charge is -2.31. The van der Waals surface area contributed by atoms with Crippen LogP contribution >= 0.6 is 23.2 Å². The maximum Gasteiger partial charge on any atom is 0.410 e. The number of fused-ring (bicyclic) bond motifs is 2. The maximum atomic E-state index is 12.5. The summed E-state index contributed by atoms with van der Waals surface area (Å²) in [6, 6.07) is 21.5. The number of oxime groups is 1. The molecule has 68 heavy (non-hydrogen) atoms. The molecular formula is C50H60Cl2N6O10. The third kappa shape index (κ3) is 14.5. The van der Waals surface area contributed by atoms with E-state index >= 15 is 0 Å². The molecule has 16 nitrogen and oxygen atoms in total. The predicted octanol–water partition coefficient (Wildman–Crippen LogP) is 11.0. The molecule has 4 N–H and O–H groups in total. The first-order chi connectivity index (χ1) is 31.9. The molecular weight excluding hydrogens is 915 g/mol. The Morgan fingerprint density at radius 1 is 0.750 bits per heavy atom. The monoisotopic (exact) mass is 974 g/mol. The first-order valence-electron chi connectivity index (χ1n) is 22.1. The van der Waals surface area contributed by atoms with Crippen LogP contribution in [-0.2, 0) is 35.4 Å². The minimum absolute atomic E-state index is 0.0213. The standard InChI is InChI=1S/C25H28ClN3O4.C15H19NO4.C10H13ClN2O2/c1-15(2)31-21-10-9-16(13-20(21)26)22-27-23(33-28-22)19-8-6-7-17-14-29(12-11-18(17)19)24(30)32-25(3,4)5;1-15(2,3)20-14(19)16-8-7-11-10(9-16)5-4-6-12(11)13(17)18;1-6(2)15-9-4-3-7(5-8(9)11)10(12)13-14/h6-10,13,15H,11-12,14H2,1-5H3;4-6H,7-9H2,1-3H3,(H,17,18);3-6,14H,1-2H3,(H2,12,13). The normalized spacial score (nSPS) is 13.6. The number of carboxylic acid groups (broad SMARTS) is 1. The molecule has 2 amide bonds. The fourth-order valence-electron chi connectivity index (χ4n) is 7.09. The molecule has 0 unspecified atom stereocenters. The number of amidine groups is 1. The fourth-order valence-corrected chi connectivity index (χ4v) is 7.54. The second-order valence-corrected chi connectivity index (χ2v) is 19.3. The number of carbonyl (C=O) groups excluding carboxylic acids is 2. The number of hydrogen-bond acceptors (Lipinski definition) is 12. The molecule has 0 spiro atoms. The van der Waals surface area contributed by atoms with E-state index in [4.69, 9.17) is 62.7 Å². The van der Waals surface area contributed by atoms with Crippen LogP contribution in [0.1, 0.15) is 107 Å². The van der Waals surface area contributed by atoms with Crippen molar-refractivity contribution in [2.45, 2.75) is 119 Å². The first kappa shape index (κ1) is 52.4.